The molecule has 0 bridgehead atoms. The lowest BCUT2D eigenvalue weighted by atomic mass is 9.95. The predicted octanol–water partition coefficient (Wildman–Crippen LogP) is 3.28. The zero-order valence-corrected chi connectivity index (χ0v) is 14.2. The first-order chi connectivity index (χ1) is 11.5. The van der Waals surface area contributed by atoms with Gasteiger partial charge in [-0.05, 0) is 54.7 Å². The van der Waals surface area contributed by atoms with E-state index in [1.807, 2.05) is 14.1 Å². The number of carbonyl (C=O) groups is 1. The van der Waals surface area contributed by atoms with E-state index < -0.39 is 5.41 Å². The summed E-state index contributed by atoms with van der Waals surface area (Å²) >= 11 is 0. The van der Waals surface area contributed by atoms with Crippen LogP contribution < -0.4 is 10.2 Å². The summed E-state index contributed by atoms with van der Waals surface area (Å²) in [5.41, 5.74) is 2.84. The number of carbonyl (C=O) groups excluding carboxylic acids is 1. The first-order valence-corrected chi connectivity index (χ1v) is 8.32. The number of halogens is 1. The van der Waals surface area contributed by atoms with Gasteiger partial charge < -0.3 is 10.2 Å². The van der Waals surface area contributed by atoms with Gasteiger partial charge in [-0.25, -0.2) is 4.39 Å². The van der Waals surface area contributed by atoms with Crippen LogP contribution in [0.3, 0.4) is 0 Å². The van der Waals surface area contributed by atoms with Gasteiger partial charge in [-0.1, -0.05) is 24.3 Å². The van der Waals surface area contributed by atoms with Crippen LogP contribution in [0, 0.1) is 5.82 Å². The van der Waals surface area contributed by atoms with E-state index in [-0.39, 0.29) is 11.7 Å². The smallest absolute Gasteiger partial charge is 0.230 e. The molecule has 0 heterocycles. The van der Waals surface area contributed by atoms with Crippen LogP contribution in [0.15, 0.2) is 48.5 Å². The van der Waals surface area contributed by atoms with Crippen molar-refractivity contribution < 1.29 is 9.18 Å². The van der Waals surface area contributed by atoms with Gasteiger partial charge in [0.15, 0.2) is 0 Å². The van der Waals surface area contributed by atoms with Crippen LogP contribution in [0.1, 0.15) is 24.0 Å². The lowest BCUT2D eigenvalue weighted by Gasteiger charge is -2.16. The number of nitrogens with one attached hydrogen (secondary N) is 1. The molecule has 0 aromatic heterocycles. The largest absolute Gasteiger partial charge is 0.378 e. The Labute approximate surface area is 142 Å². The molecule has 3 rings (SSSR count). The van der Waals surface area contributed by atoms with Crippen molar-refractivity contribution in [1.82, 2.24) is 5.32 Å². The summed E-state index contributed by atoms with van der Waals surface area (Å²) in [4.78, 5) is 14.6. The van der Waals surface area contributed by atoms with E-state index in [0.29, 0.717) is 6.54 Å². The van der Waals surface area contributed by atoms with Crippen molar-refractivity contribution in [2.75, 3.05) is 25.5 Å². The zero-order chi connectivity index (χ0) is 17.2. The van der Waals surface area contributed by atoms with E-state index >= 15 is 0 Å². The number of amides is 1. The Balaban J connectivity index is 1.55. The summed E-state index contributed by atoms with van der Waals surface area (Å²) in [5.74, 6) is -0.213. The standard InChI is InChI=1S/C20H23FN2O/c1-23(2)18-9-3-15(4-10-18)11-14-22-19(24)20(12-13-20)16-5-7-17(21)8-6-16/h3-10H,11-14H2,1-2H3,(H,22,24). The summed E-state index contributed by atoms with van der Waals surface area (Å²) < 4.78 is 13.1. The van der Waals surface area contributed by atoms with Gasteiger partial charge in [0.05, 0.1) is 5.41 Å². The highest BCUT2D eigenvalue weighted by Gasteiger charge is 2.50. The molecule has 0 saturated heterocycles. The van der Waals surface area contributed by atoms with E-state index in [2.05, 4.69) is 34.5 Å². The third-order valence-corrected chi connectivity index (χ3v) is 4.73. The van der Waals surface area contributed by atoms with Crippen molar-refractivity contribution in [3.05, 3.63) is 65.5 Å². The van der Waals surface area contributed by atoms with Crippen LogP contribution in [0.25, 0.3) is 0 Å². The summed E-state index contributed by atoms with van der Waals surface area (Å²) in [7, 11) is 4.03. The van der Waals surface area contributed by atoms with Gasteiger partial charge in [-0.2, -0.15) is 0 Å². The van der Waals surface area contributed by atoms with E-state index in [4.69, 9.17) is 0 Å². The van der Waals surface area contributed by atoms with Gasteiger partial charge in [0.1, 0.15) is 5.82 Å². The molecule has 0 atom stereocenters. The average molecular weight is 326 g/mol. The summed E-state index contributed by atoms with van der Waals surface area (Å²) in [6.45, 7) is 0.614. The Hall–Kier alpha value is -2.36. The van der Waals surface area contributed by atoms with Crippen LogP contribution in [-0.2, 0) is 16.6 Å². The third-order valence-electron chi connectivity index (χ3n) is 4.73. The number of benzene rings is 2. The number of hydrogen-bond acceptors (Lipinski definition) is 2. The fraction of sp³-hybridized carbons (Fsp3) is 0.350. The normalized spacial score (nSPS) is 15.0. The minimum Gasteiger partial charge on any atom is -0.378 e. The number of rotatable bonds is 6. The van der Waals surface area contributed by atoms with Crippen LogP contribution in [0.2, 0.25) is 0 Å². The third kappa shape index (κ3) is 3.42. The minimum atomic E-state index is -0.442. The number of nitrogens with zero attached hydrogens (tertiary/aromatic N) is 1. The van der Waals surface area contributed by atoms with E-state index in [0.717, 1.165) is 30.5 Å². The van der Waals surface area contributed by atoms with Gasteiger partial charge in [0, 0.05) is 26.3 Å². The van der Waals surface area contributed by atoms with E-state index in [9.17, 15) is 9.18 Å². The van der Waals surface area contributed by atoms with Crippen molar-refractivity contribution in [1.29, 1.82) is 0 Å². The van der Waals surface area contributed by atoms with Crippen LogP contribution in [0.5, 0.6) is 0 Å². The molecule has 4 heteroatoms. The SMILES string of the molecule is CN(C)c1ccc(CCNC(=O)C2(c3ccc(F)cc3)CC2)cc1. The lowest BCUT2D eigenvalue weighted by molar-refractivity contribution is -0.123. The Morgan fingerprint density at radius 1 is 1.08 bits per heavy atom. The molecule has 1 saturated carbocycles. The number of anilines is 1. The Morgan fingerprint density at radius 3 is 2.25 bits per heavy atom. The van der Waals surface area contributed by atoms with Crippen molar-refractivity contribution in [3.63, 3.8) is 0 Å². The average Bonchev–Trinajstić information content (AvgIpc) is 3.38. The maximum atomic E-state index is 13.1. The molecule has 1 aliphatic rings. The zero-order valence-electron chi connectivity index (χ0n) is 14.2. The quantitative estimate of drug-likeness (QED) is 0.883. The van der Waals surface area contributed by atoms with Gasteiger partial charge in [0.25, 0.3) is 0 Å². The molecular formula is C20H23FN2O. The van der Waals surface area contributed by atoms with Gasteiger partial charge in [0.2, 0.25) is 5.91 Å². The molecule has 2 aromatic carbocycles. The molecular weight excluding hydrogens is 303 g/mol. The van der Waals surface area contributed by atoms with Crippen molar-refractivity contribution in [2.45, 2.75) is 24.7 Å². The maximum absolute atomic E-state index is 13.1. The first-order valence-electron chi connectivity index (χ1n) is 8.32. The molecule has 2 aromatic rings. The lowest BCUT2D eigenvalue weighted by Crippen LogP contribution is -2.35. The maximum Gasteiger partial charge on any atom is 0.230 e. The molecule has 0 aliphatic heterocycles. The van der Waals surface area contributed by atoms with E-state index in [1.54, 1.807) is 12.1 Å². The Bertz CT molecular complexity index is 703. The fourth-order valence-electron chi connectivity index (χ4n) is 2.99. The Morgan fingerprint density at radius 2 is 1.71 bits per heavy atom. The summed E-state index contributed by atoms with van der Waals surface area (Å²) in [6.07, 6.45) is 2.48. The van der Waals surface area contributed by atoms with Crippen molar-refractivity contribution >= 4 is 11.6 Å². The molecule has 3 nitrogen and oxygen atoms in total. The summed E-state index contributed by atoms with van der Waals surface area (Å²) in [6, 6.07) is 14.6. The fourth-order valence-corrected chi connectivity index (χ4v) is 2.99. The molecule has 1 amide bonds. The topological polar surface area (TPSA) is 32.3 Å². The van der Waals surface area contributed by atoms with Crippen LogP contribution in [0.4, 0.5) is 10.1 Å². The second kappa shape index (κ2) is 6.63. The minimum absolute atomic E-state index is 0.0546. The van der Waals surface area contributed by atoms with Gasteiger partial charge >= 0.3 is 0 Å². The first kappa shape index (κ1) is 16.5. The van der Waals surface area contributed by atoms with Crippen LogP contribution in [-0.4, -0.2) is 26.5 Å². The highest BCUT2D eigenvalue weighted by Crippen LogP contribution is 2.48. The second-order valence-electron chi connectivity index (χ2n) is 6.66. The van der Waals surface area contributed by atoms with Crippen molar-refractivity contribution in [3.8, 4) is 0 Å². The molecule has 0 radical (unpaired) electrons. The molecule has 1 fully saturated rings. The van der Waals surface area contributed by atoms with Crippen LogP contribution >= 0.6 is 0 Å². The summed E-state index contributed by atoms with van der Waals surface area (Å²) in [5, 5.41) is 3.04. The highest BCUT2D eigenvalue weighted by atomic mass is 19.1. The molecule has 24 heavy (non-hydrogen) atoms. The monoisotopic (exact) mass is 326 g/mol. The van der Waals surface area contributed by atoms with Crippen molar-refractivity contribution in [2.24, 2.45) is 0 Å². The second-order valence-corrected chi connectivity index (χ2v) is 6.66. The molecule has 126 valence electrons. The van der Waals surface area contributed by atoms with E-state index in [1.165, 1.54) is 17.7 Å². The van der Waals surface area contributed by atoms with Gasteiger partial charge in [-0.3, -0.25) is 4.79 Å². The molecule has 0 spiro atoms. The Kier molecular flexibility index (Phi) is 4.56. The number of hydrogen-bond donors (Lipinski definition) is 1. The molecule has 1 aliphatic carbocycles. The molecule has 1 N–H and O–H groups in total. The predicted molar refractivity (Wildman–Crippen MR) is 94.8 cm³/mol. The van der Waals surface area contributed by atoms with Gasteiger partial charge in [-0.15, -0.1) is 0 Å². The molecule has 0 unspecified atom stereocenters. The highest BCUT2D eigenvalue weighted by molar-refractivity contribution is 5.91.